The van der Waals surface area contributed by atoms with Gasteiger partial charge in [0.25, 0.3) is 0 Å². The Morgan fingerprint density at radius 2 is 2.17 bits per heavy atom. The highest BCUT2D eigenvalue weighted by Crippen LogP contribution is 2.28. The van der Waals surface area contributed by atoms with E-state index in [1.165, 1.54) is 25.8 Å². The smallest absolute Gasteiger partial charge is 0.0936 e. The molecule has 12 heavy (non-hydrogen) atoms. The zero-order chi connectivity index (χ0) is 8.60. The zero-order valence-corrected chi connectivity index (χ0v) is 8.18. The number of ether oxygens (including phenoxy) is 1. The molecule has 2 rings (SSSR count). The highest BCUT2D eigenvalue weighted by atomic mass is 16.6. The average molecular weight is 169 g/mol. The first kappa shape index (κ1) is 8.52. The van der Waals surface area contributed by atoms with E-state index in [2.05, 4.69) is 18.7 Å². The van der Waals surface area contributed by atoms with Crippen molar-refractivity contribution in [3.8, 4) is 0 Å². The molecular formula is C10H19NO. The Bertz CT molecular complexity index is 163. The van der Waals surface area contributed by atoms with Crippen LogP contribution >= 0.6 is 0 Å². The first-order valence-electron chi connectivity index (χ1n) is 5.05. The Kier molecular flexibility index (Phi) is 2.13. The lowest BCUT2D eigenvalue weighted by atomic mass is 9.90. The second-order valence-corrected chi connectivity index (χ2v) is 4.67. The third kappa shape index (κ3) is 1.80. The Morgan fingerprint density at radius 3 is 2.75 bits per heavy atom. The molecule has 1 atom stereocenters. The Hall–Kier alpha value is -0.0800. The molecule has 0 aromatic rings. The lowest BCUT2D eigenvalue weighted by Crippen LogP contribution is -2.48. The van der Waals surface area contributed by atoms with E-state index in [0.29, 0.717) is 11.6 Å². The SMILES string of the molecule is CC1(C)CCCCN1C[C@@H]1CO1. The van der Waals surface area contributed by atoms with Crippen molar-refractivity contribution in [2.45, 2.75) is 44.8 Å². The monoisotopic (exact) mass is 169 g/mol. The van der Waals surface area contributed by atoms with Crippen LogP contribution in [0.2, 0.25) is 0 Å². The second kappa shape index (κ2) is 3.00. The van der Waals surface area contributed by atoms with Crippen LogP contribution in [0.1, 0.15) is 33.1 Å². The molecule has 0 amide bonds. The van der Waals surface area contributed by atoms with Gasteiger partial charge in [-0.3, -0.25) is 4.90 Å². The summed E-state index contributed by atoms with van der Waals surface area (Å²) in [6.45, 7) is 8.13. The van der Waals surface area contributed by atoms with Gasteiger partial charge in [-0.25, -0.2) is 0 Å². The minimum atomic E-state index is 0.421. The lowest BCUT2D eigenvalue weighted by molar-refractivity contribution is 0.0694. The summed E-state index contributed by atoms with van der Waals surface area (Å²) in [6, 6.07) is 0. The van der Waals surface area contributed by atoms with E-state index in [9.17, 15) is 0 Å². The molecule has 2 nitrogen and oxygen atoms in total. The van der Waals surface area contributed by atoms with E-state index in [-0.39, 0.29) is 0 Å². The van der Waals surface area contributed by atoms with Gasteiger partial charge in [0.1, 0.15) is 0 Å². The van der Waals surface area contributed by atoms with Crippen LogP contribution in [0.4, 0.5) is 0 Å². The molecule has 0 aliphatic carbocycles. The largest absolute Gasteiger partial charge is 0.372 e. The molecule has 2 saturated heterocycles. The molecule has 0 aromatic heterocycles. The van der Waals surface area contributed by atoms with E-state index >= 15 is 0 Å². The number of piperidine rings is 1. The topological polar surface area (TPSA) is 15.8 Å². The summed E-state index contributed by atoms with van der Waals surface area (Å²) in [6.07, 6.45) is 4.67. The van der Waals surface area contributed by atoms with E-state index in [1.807, 2.05) is 0 Å². The van der Waals surface area contributed by atoms with Gasteiger partial charge in [-0.2, -0.15) is 0 Å². The minimum Gasteiger partial charge on any atom is -0.372 e. The van der Waals surface area contributed by atoms with Gasteiger partial charge in [0.2, 0.25) is 0 Å². The normalized spacial score (nSPS) is 35.0. The summed E-state index contributed by atoms with van der Waals surface area (Å²) in [4.78, 5) is 2.59. The number of rotatable bonds is 2. The number of nitrogens with zero attached hydrogens (tertiary/aromatic N) is 1. The van der Waals surface area contributed by atoms with Crippen molar-refractivity contribution in [3.05, 3.63) is 0 Å². The van der Waals surface area contributed by atoms with Gasteiger partial charge >= 0.3 is 0 Å². The minimum absolute atomic E-state index is 0.421. The molecule has 2 heteroatoms. The molecule has 2 fully saturated rings. The van der Waals surface area contributed by atoms with Crippen molar-refractivity contribution in [1.82, 2.24) is 4.90 Å². The van der Waals surface area contributed by atoms with Crippen LogP contribution < -0.4 is 0 Å². The predicted molar refractivity (Wildman–Crippen MR) is 49.2 cm³/mol. The lowest BCUT2D eigenvalue weighted by Gasteiger charge is -2.42. The van der Waals surface area contributed by atoms with Gasteiger partial charge in [-0.1, -0.05) is 6.42 Å². The van der Waals surface area contributed by atoms with Crippen LogP contribution in [0.15, 0.2) is 0 Å². The fraction of sp³-hybridized carbons (Fsp3) is 1.00. The quantitative estimate of drug-likeness (QED) is 0.584. The number of likely N-dealkylation sites (tertiary alicyclic amines) is 1. The maximum absolute atomic E-state index is 5.26. The van der Waals surface area contributed by atoms with Gasteiger partial charge in [0.05, 0.1) is 12.7 Å². The van der Waals surface area contributed by atoms with Crippen LogP contribution in [0, 0.1) is 0 Å². The molecule has 2 aliphatic heterocycles. The summed E-state index contributed by atoms with van der Waals surface area (Å²) < 4.78 is 5.26. The number of hydrogen-bond acceptors (Lipinski definition) is 2. The molecular weight excluding hydrogens is 150 g/mol. The molecule has 2 aliphatic rings. The predicted octanol–water partition coefficient (Wildman–Crippen LogP) is 1.65. The van der Waals surface area contributed by atoms with Crippen LogP contribution in [0.25, 0.3) is 0 Å². The summed E-state index contributed by atoms with van der Waals surface area (Å²) in [5.41, 5.74) is 0.421. The highest BCUT2D eigenvalue weighted by molar-refractivity contribution is 4.88. The second-order valence-electron chi connectivity index (χ2n) is 4.67. The van der Waals surface area contributed by atoms with Crippen molar-refractivity contribution in [3.63, 3.8) is 0 Å². The fourth-order valence-electron chi connectivity index (χ4n) is 2.08. The van der Waals surface area contributed by atoms with Crippen molar-refractivity contribution in [2.75, 3.05) is 19.7 Å². The summed E-state index contributed by atoms with van der Waals surface area (Å²) in [5, 5.41) is 0. The number of epoxide rings is 1. The van der Waals surface area contributed by atoms with Crippen molar-refractivity contribution in [2.24, 2.45) is 0 Å². The zero-order valence-electron chi connectivity index (χ0n) is 8.18. The molecule has 0 unspecified atom stereocenters. The highest BCUT2D eigenvalue weighted by Gasteiger charge is 2.34. The van der Waals surface area contributed by atoms with E-state index < -0.39 is 0 Å². The molecule has 0 N–H and O–H groups in total. The first-order valence-corrected chi connectivity index (χ1v) is 5.05. The van der Waals surface area contributed by atoms with Crippen LogP contribution in [0.5, 0.6) is 0 Å². The number of hydrogen-bond donors (Lipinski definition) is 0. The van der Waals surface area contributed by atoms with Gasteiger partial charge in [0.15, 0.2) is 0 Å². The maximum Gasteiger partial charge on any atom is 0.0936 e. The molecule has 0 bridgehead atoms. The molecule has 2 heterocycles. The average Bonchev–Trinajstić information content (AvgIpc) is 2.77. The van der Waals surface area contributed by atoms with Gasteiger partial charge in [0, 0.05) is 12.1 Å². The molecule has 70 valence electrons. The molecule has 0 saturated carbocycles. The van der Waals surface area contributed by atoms with Crippen LogP contribution in [-0.4, -0.2) is 36.2 Å². The Balaban J connectivity index is 1.90. The summed E-state index contributed by atoms with van der Waals surface area (Å²) in [7, 11) is 0. The van der Waals surface area contributed by atoms with Crippen LogP contribution in [-0.2, 0) is 4.74 Å². The molecule has 0 radical (unpaired) electrons. The Labute approximate surface area is 74.9 Å². The molecule has 0 aromatic carbocycles. The van der Waals surface area contributed by atoms with Crippen molar-refractivity contribution in [1.29, 1.82) is 0 Å². The molecule has 0 spiro atoms. The van der Waals surface area contributed by atoms with Gasteiger partial charge in [-0.15, -0.1) is 0 Å². The van der Waals surface area contributed by atoms with Crippen LogP contribution in [0.3, 0.4) is 0 Å². The third-order valence-corrected chi connectivity index (χ3v) is 3.15. The van der Waals surface area contributed by atoms with E-state index in [0.717, 1.165) is 13.2 Å². The van der Waals surface area contributed by atoms with Crippen molar-refractivity contribution < 1.29 is 4.74 Å². The summed E-state index contributed by atoms with van der Waals surface area (Å²) in [5.74, 6) is 0. The fourth-order valence-corrected chi connectivity index (χ4v) is 2.08. The maximum atomic E-state index is 5.26. The van der Waals surface area contributed by atoms with Gasteiger partial charge in [-0.05, 0) is 33.2 Å². The van der Waals surface area contributed by atoms with E-state index in [4.69, 9.17) is 4.74 Å². The Morgan fingerprint density at radius 1 is 1.42 bits per heavy atom. The van der Waals surface area contributed by atoms with Gasteiger partial charge < -0.3 is 4.74 Å². The van der Waals surface area contributed by atoms with Crippen molar-refractivity contribution >= 4 is 0 Å². The first-order chi connectivity index (χ1) is 5.68. The summed E-state index contributed by atoms with van der Waals surface area (Å²) >= 11 is 0. The third-order valence-electron chi connectivity index (χ3n) is 3.15. The standard InChI is InChI=1S/C10H19NO/c1-10(2)5-3-4-6-11(10)7-9-8-12-9/h9H,3-8H2,1-2H3/t9-/m1/s1. The van der Waals surface area contributed by atoms with E-state index in [1.54, 1.807) is 0 Å².